The molecule has 0 aliphatic carbocycles. The summed E-state index contributed by atoms with van der Waals surface area (Å²) in [6, 6.07) is 7.40. The standard InChI is InChI=1S/C14H21BrN2O2/c1-13(2,14(3,4)19)16-9-12(18)17-11-7-5-6-10(15)8-11/h5-8,16,19H,9H2,1-4H3,(H,17,18). The molecule has 0 spiro atoms. The molecule has 1 aromatic carbocycles. The summed E-state index contributed by atoms with van der Waals surface area (Å²) in [7, 11) is 0. The number of carbonyl (C=O) groups excluding carboxylic acids is 1. The van der Waals surface area contributed by atoms with Crippen LogP contribution in [0.5, 0.6) is 0 Å². The van der Waals surface area contributed by atoms with Gasteiger partial charge in [0.05, 0.1) is 12.1 Å². The number of amides is 1. The van der Waals surface area contributed by atoms with Gasteiger partial charge < -0.3 is 15.7 Å². The average molecular weight is 329 g/mol. The highest BCUT2D eigenvalue weighted by molar-refractivity contribution is 9.10. The number of aliphatic hydroxyl groups is 1. The van der Waals surface area contributed by atoms with Crippen LogP contribution in [0.2, 0.25) is 0 Å². The van der Waals surface area contributed by atoms with E-state index in [9.17, 15) is 9.90 Å². The molecule has 106 valence electrons. The summed E-state index contributed by atoms with van der Waals surface area (Å²) in [4.78, 5) is 11.8. The van der Waals surface area contributed by atoms with Gasteiger partial charge in [-0.3, -0.25) is 4.79 Å². The van der Waals surface area contributed by atoms with Gasteiger partial charge in [0.2, 0.25) is 5.91 Å². The van der Waals surface area contributed by atoms with Crippen LogP contribution in [0.3, 0.4) is 0 Å². The first-order valence-corrected chi connectivity index (χ1v) is 6.94. The third kappa shape index (κ3) is 4.93. The normalized spacial score (nSPS) is 12.3. The second kappa shape index (κ2) is 6.03. The summed E-state index contributed by atoms with van der Waals surface area (Å²) >= 11 is 3.35. The van der Waals surface area contributed by atoms with Crippen molar-refractivity contribution in [2.75, 3.05) is 11.9 Å². The van der Waals surface area contributed by atoms with Gasteiger partial charge in [0.15, 0.2) is 0 Å². The number of hydrogen-bond acceptors (Lipinski definition) is 3. The molecule has 1 rings (SSSR count). The quantitative estimate of drug-likeness (QED) is 0.778. The van der Waals surface area contributed by atoms with Crippen molar-refractivity contribution in [1.29, 1.82) is 0 Å². The van der Waals surface area contributed by atoms with Crippen molar-refractivity contribution in [2.45, 2.75) is 38.8 Å². The highest BCUT2D eigenvalue weighted by Gasteiger charge is 2.34. The van der Waals surface area contributed by atoms with E-state index in [0.717, 1.165) is 10.2 Å². The molecule has 0 bridgehead atoms. The number of halogens is 1. The molecule has 0 radical (unpaired) electrons. The Hall–Kier alpha value is -0.910. The molecule has 0 atom stereocenters. The highest BCUT2D eigenvalue weighted by atomic mass is 79.9. The van der Waals surface area contributed by atoms with Gasteiger partial charge in [0.1, 0.15) is 0 Å². The largest absolute Gasteiger partial charge is 0.389 e. The summed E-state index contributed by atoms with van der Waals surface area (Å²) in [5.41, 5.74) is -0.729. The number of anilines is 1. The Balaban J connectivity index is 2.53. The maximum Gasteiger partial charge on any atom is 0.238 e. The van der Waals surface area contributed by atoms with Gasteiger partial charge in [-0.2, -0.15) is 0 Å². The fourth-order valence-corrected chi connectivity index (χ4v) is 1.69. The van der Waals surface area contributed by atoms with E-state index in [0.29, 0.717) is 0 Å². The van der Waals surface area contributed by atoms with Crippen LogP contribution in [-0.4, -0.2) is 28.7 Å². The Bertz CT molecular complexity index is 453. The summed E-state index contributed by atoms with van der Waals surface area (Å²) in [5.74, 6) is -0.143. The zero-order chi connectivity index (χ0) is 14.7. The smallest absolute Gasteiger partial charge is 0.238 e. The van der Waals surface area contributed by atoms with E-state index < -0.39 is 11.1 Å². The van der Waals surface area contributed by atoms with Gasteiger partial charge in [0, 0.05) is 15.7 Å². The Morgan fingerprint density at radius 1 is 1.32 bits per heavy atom. The second-order valence-corrected chi connectivity index (χ2v) is 6.51. The molecule has 4 nitrogen and oxygen atoms in total. The van der Waals surface area contributed by atoms with Gasteiger partial charge in [-0.05, 0) is 45.9 Å². The van der Waals surface area contributed by atoms with Gasteiger partial charge >= 0.3 is 0 Å². The highest BCUT2D eigenvalue weighted by Crippen LogP contribution is 2.20. The van der Waals surface area contributed by atoms with Crippen molar-refractivity contribution >= 4 is 27.5 Å². The lowest BCUT2D eigenvalue weighted by Crippen LogP contribution is -2.57. The van der Waals surface area contributed by atoms with Gasteiger partial charge in [-0.1, -0.05) is 22.0 Å². The maximum atomic E-state index is 11.8. The molecule has 0 aliphatic rings. The number of carbonyl (C=O) groups is 1. The van der Waals surface area contributed by atoms with Crippen LogP contribution < -0.4 is 10.6 Å². The molecule has 0 saturated carbocycles. The molecule has 5 heteroatoms. The minimum atomic E-state index is -0.914. The number of rotatable bonds is 5. The molecule has 3 N–H and O–H groups in total. The van der Waals surface area contributed by atoms with E-state index >= 15 is 0 Å². The third-order valence-electron chi connectivity index (χ3n) is 3.33. The molecule has 0 aliphatic heterocycles. The van der Waals surface area contributed by atoms with Gasteiger partial charge in [-0.15, -0.1) is 0 Å². The van der Waals surface area contributed by atoms with E-state index in [1.807, 2.05) is 38.1 Å². The summed E-state index contributed by atoms with van der Waals surface area (Å²) in [5, 5.41) is 15.8. The predicted molar refractivity (Wildman–Crippen MR) is 81.2 cm³/mol. The van der Waals surface area contributed by atoms with Crippen molar-refractivity contribution < 1.29 is 9.90 Å². The van der Waals surface area contributed by atoms with Crippen molar-refractivity contribution in [1.82, 2.24) is 5.32 Å². The topological polar surface area (TPSA) is 61.4 Å². The van der Waals surface area contributed by atoms with Crippen LogP contribution in [-0.2, 0) is 4.79 Å². The predicted octanol–water partition coefficient (Wildman–Crippen LogP) is 2.53. The van der Waals surface area contributed by atoms with Gasteiger partial charge in [0.25, 0.3) is 0 Å². The molecule has 0 saturated heterocycles. The van der Waals surface area contributed by atoms with Crippen LogP contribution in [0.1, 0.15) is 27.7 Å². The van der Waals surface area contributed by atoms with Crippen molar-refractivity contribution in [3.63, 3.8) is 0 Å². The van der Waals surface area contributed by atoms with Crippen LogP contribution >= 0.6 is 15.9 Å². The van der Waals surface area contributed by atoms with E-state index in [1.54, 1.807) is 13.8 Å². The fraction of sp³-hybridized carbons (Fsp3) is 0.500. The molecule has 19 heavy (non-hydrogen) atoms. The summed E-state index contributed by atoms with van der Waals surface area (Å²) < 4.78 is 0.912. The van der Waals surface area contributed by atoms with Crippen molar-refractivity contribution in [3.8, 4) is 0 Å². The molecule has 1 aromatic rings. The molecular formula is C14H21BrN2O2. The monoisotopic (exact) mass is 328 g/mol. The Labute approximate surface area is 122 Å². The lowest BCUT2D eigenvalue weighted by atomic mass is 9.86. The van der Waals surface area contributed by atoms with E-state index in [4.69, 9.17) is 0 Å². The van der Waals surface area contributed by atoms with Crippen molar-refractivity contribution in [3.05, 3.63) is 28.7 Å². The molecule has 0 heterocycles. The first-order valence-electron chi connectivity index (χ1n) is 6.15. The van der Waals surface area contributed by atoms with Crippen molar-refractivity contribution in [2.24, 2.45) is 0 Å². The number of benzene rings is 1. The van der Waals surface area contributed by atoms with Crippen LogP contribution in [0.25, 0.3) is 0 Å². The Morgan fingerprint density at radius 2 is 1.95 bits per heavy atom. The van der Waals surface area contributed by atoms with E-state index in [1.165, 1.54) is 0 Å². The number of hydrogen-bond donors (Lipinski definition) is 3. The average Bonchev–Trinajstić information content (AvgIpc) is 2.25. The van der Waals surface area contributed by atoms with Crippen LogP contribution in [0, 0.1) is 0 Å². The number of nitrogens with one attached hydrogen (secondary N) is 2. The molecule has 1 amide bonds. The van der Waals surface area contributed by atoms with Crippen LogP contribution in [0.4, 0.5) is 5.69 Å². The maximum absolute atomic E-state index is 11.8. The fourth-order valence-electron chi connectivity index (χ4n) is 1.29. The first-order chi connectivity index (χ1) is 8.62. The SMILES string of the molecule is CC(C)(O)C(C)(C)NCC(=O)Nc1cccc(Br)c1. The first kappa shape index (κ1) is 16.1. The summed E-state index contributed by atoms with van der Waals surface area (Å²) in [6.45, 7) is 7.29. The Kier molecular flexibility index (Phi) is 5.12. The molecule has 0 unspecified atom stereocenters. The second-order valence-electron chi connectivity index (χ2n) is 5.60. The van der Waals surface area contributed by atoms with Gasteiger partial charge in [-0.25, -0.2) is 0 Å². The zero-order valence-corrected chi connectivity index (χ0v) is 13.3. The molecular weight excluding hydrogens is 308 g/mol. The summed E-state index contributed by atoms with van der Waals surface area (Å²) in [6.07, 6.45) is 0. The molecule has 0 aromatic heterocycles. The van der Waals surface area contributed by atoms with E-state index in [2.05, 4.69) is 26.6 Å². The minimum Gasteiger partial charge on any atom is -0.389 e. The molecule has 0 fully saturated rings. The Morgan fingerprint density at radius 3 is 2.47 bits per heavy atom. The minimum absolute atomic E-state index is 0.142. The lowest BCUT2D eigenvalue weighted by molar-refractivity contribution is -0.116. The van der Waals surface area contributed by atoms with E-state index in [-0.39, 0.29) is 12.5 Å². The lowest BCUT2D eigenvalue weighted by Gasteiger charge is -2.38. The zero-order valence-electron chi connectivity index (χ0n) is 11.7. The van der Waals surface area contributed by atoms with Crippen LogP contribution in [0.15, 0.2) is 28.7 Å². The third-order valence-corrected chi connectivity index (χ3v) is 3.82.